The molecule has 0 radical (unpaired) electrons. The fourth-order valence-corrected chi connectivity index (χ4v) is 3.53. The minimum absolute atomic E-state index is 0.302. The van der Waals surface area contributed by atoms with Crippen molar-refractivity contribution in [3.63, 3.8) is 0 Å². The SMILES string of the molecule is CC(=O)O[C@@H]1C(=O)N(C)C(C(O)c2ccccc2)C1c1ccccc1. The van der Waals surface area contributed by atoms with Crippen molar-refractivity contribution in [1.82, 2.24) is 4.90 Å². The second kappa shape index (κ2) is 7.07. The highest BCUT2D eigenvalue weighted by atomic mass is 16.5. The maximum Gasteiger partial charge on any atom is 0.303 e. The van der Waals surface area contributed by atoms with Crippen LogP contribution < -0.4 is 0 Å². The Labute approximate surface area is 146 Å². The molecular formula is C20H21NO4. The lowest BCUT2D eigenvalue weighted by Gasteiger charge is -2.30. The third-order valence-electron chi connectivity index (χ3n) is 4.67. The number of ether oxygens (including phenoxy) is 1. The third-order valence-corrected chi connectivity index (χ3v) is 4.67. The van der Waals surface area contributed by atoms with Crippen molar-refractivity contribution in [3.05, 3.63) is 71.8 Å². The topological polar surface area (TPSA) is 66.8 Å². The van der Waals surface area contributed by atoms with Crippen molar-refractivity contribution < 1.29 is 19.4 Å². The Kier molecular flexibility index (Phi) is 4.86. The minimum atomic E-state index is -0.937. The van der Waals surface area contributed by atoms with Gasteiger partial charge in [0.05, 0.1) is 12.0 Å². The maximum absolute atomic E-state index is 12.7. The van der Waals surface area contributed by atoms with Gasteiger partial charge in [-0.1, -0.05) is 60.7 Å². The van der Waals surface area contributed by atoms with Gasteiger partial charge in [-0.05, 0) is 11.1 Å². The van der Waals surface area contributed by atoms with Crippen molar-refractivity contribution in [2.45, 2.75) is 31.1 Å². The summed E-state index contributed by atoms with van der Waals surface area (Å²) in [4.78, 5) is 25.7. The van der Waals surface area contributed by atoms with Crippen LogP contribution in [0.5, 0.6) is 0 Å². The molecular weight excluding hydrogens is 318 g/mol. The van der Waals surface area contributed by atoms with Gasteiger partial charge >= 0.3 is 5.97 Å². The Morgan fingerprint density at radius 2 is 1.64 bits per heavy atom. The van der Waals surface area contributed by atoms with Crippen molar-refractivity contribution in [2.75, 3.05) is 7.05 Å². The molecule has 1 N–H and O–H groups in total. The molecule has 3 unspecified atom stereocenters. The van der Waals surface area contributed by atoms with Gasteiger partial charge in [0, 0.05) is 14.0 Å². The standard InChI is InChI=1S/C20H21NO4/c1-13(22)25-19-16(14-9-5-3-6-10-14)17(21(2)20(19)24)18(23)15-11-7-4-8-12-15/h3-12,16-19,23H,1-2H3/t16?,17?,18?,19-/m0/s1. The largest absolute Gasteiger partial charge is 0.452 e. The van der Waals surface area contributed by atoms with E-state index in [4.69, 9.17) is 4.74 Å². The molecule has 1 aliphatic heterocycles. The van der Waals surface area contributed by atoms with E-state index in [0.29, 0.717) is 0 Å². The zero-order valence-electron chi connectivity index (χ0n) is 14.2. The van der Waals surface area contributed by atoms with Crippen LogP contribution in [0, 0.1) is 0 Å². The summed E-state index contributed by atoms with van der Waals surface area (Å²) in [7, 11) is 1.64. The lowest BCUT2D eigenvalue weighted by atomic mass is 9.85. The van der Waals surface area contributed by atoms with E-state index in [1.807, 2.05) is 60.7 Å². The number of carbonyl (C=O) groups excluding carboxylic acids is 2. The van der Waals surface area contributed by atoms with E-state index >= 15 is 0 Å². The predicted octanol–water partition coefficient (Wildman–Crippen LogP) is 2.28. The van der Waals surface area contributed by atoms with Crippen LogP contribution in [0.25, 0.3) is 0 Å². The summed E-state index contributed by atoms with van der Waals surface area (Å²) in [5.74, 6) is -1.26. The molecule has 2 aromatic carbocycles. The number of aliphatic hydroxyl groups is 1. The summed E-state index contributed by atoms with van der Waals surface area (Å²) in [5.41, 5.74) is 1.57. The van der Waals surface area contributed by atoms with Crippen LogP contribution in [0.1, 0.15) is 30.1 Å². The molecule has 130 valence electrons. The van der Waals surface area contributed by atoms with Gasteiger partial charge in [0.1, 0.15) is 6.10 Å². The van der Waals surface area contributed by atoms with Crippen LogP contribution >= 0.6 is 0 Å². The molecule has 4 atom stereocenters. The van der Waals surface area contributed by atoms with Crippen molar-refractivity contribution in [1.29, 1.82) is 0 Å². The Morgan fingerprint density at radius 1 is 1.08 bits per heavy atom. The first-order valence-corrected chi connectivity index (χ1v) is 8.22. The fraction of sp³-hybridized carbons (Fsp3) is 0.300. The Morgan fingerprint density at radius 3 is 2.20 bits per heavy atom. The quantitative estimate of drug-likeness (QED) is 0.868. The Balaban J connectivity index is 2.04. The van der Waals surface area contributed by atoms with E-state index < -0.39 is 30.1 Å². The predicted molar refractivity (Wildman–Crippen MR) is 92.7 cm³/mol. The summed E-state index contributed by atoms with van der Waals surface area (Å²) >= 11 is 0. The molecule has 5 heteroatoms. The monoisotopic (exact) mass is 339 g/mol. The van der Waals surface area contributed by atoms with Crippen molar-refractivity contribution in [3.8, 4) is 0 Å². The van der Waals surface area contributed by atoms with Crippen molar-refractivity contribution >= 4 is 11.9 Å². The van der Waals surface area contributed by atoms with E-state index in [2.05, 4.69) is 0 Å². The second-order valence-electron chi connectivity index (χ2n) is 6.26. The van der Waals surface area contributed by atoms with Gasteiger partial charge in [-0.15, -0.1) is 0 Å². The molecule has 25 heavy (non-hydrogen) atoms. The van der Waals surface area contributed by atoms with Gasteiger partial charge in [-0.3, -0.25) is 9.59 Å². The van der Waals surface area contributed by atoms with Gasteiger partial charge < -0.3 is 14.7 Å². The van der Waals surface area contributed by atoms with Gasteiger partial charge in [0.25, 0.3) is 5.91 Å². The van der Waals surface area contributed by atoms with Gasteiger partial charge in [0.15, 0.2) is 6.10 Å². The van der Waals surface area contributed by atoms with Crippen LogP contribution in [-0.4, -0.2) is 41.1 Å². The van der Waals surface area contributed by atoms with Crippen LogP contribution in [0.2, 0.25) is 0 Å². The smallest absolute Gasteiger partial charge is 0.303 e. The lowest BCUT2D eigenvalue weighted by molar-refractivity contribution is -0.154. The number of carbonyl (C=O) groups is 2. The van der Waals surface area contributed by atoms with E-state index in [1.54, 1.807) is 7.05 Å². The minimum Gasteiger partial charge on any atom is -0.452 e. The fourth-order valence-electron chi connectivity index (χ4n) is 3.53. The molecule has 1 amide bonds. The highest BCUT2D eigenvalue weighted by molar-refractivity contribution is 5.87. The number of aliphatic hydroxyl groups excluding tert-OH is 1. The third kappa shape index (κ3) is 3.28. The zero-order chi connectivity index (χ0) is 18.0. The summed E-state index contributed by atoms with van der Waals surface area (Å²) in [6.07, 6.45) is -1.82. The molecule has 1 saturated heterocycles. The van der Waals surface area contributed by atoms with Crippen LogP contribution in [0.4, 0.5) is 0 Å². The van der Waals surface area contributed by atoms with E-state index in [-0.39, 0.29) is 5.91 Å². The average molecular weight is 339 g/mol. The number of rotatable bonds is 4. The number of hydrogen-bond donors (Lipinski definition) is 1. The molecule has 1 aliphatic rings. The highest BCUT2D eigenvalue weighted by Crippen LogP contribution is 2.41. The van der Waals surface area contributed by atoms with E-state index in [0.717, 1.165) is 11.1 Å². The molecule has 5 nitrogen and oxygen atoms in total. The zero-order valence-corrected chi connectivity index (χ0v) is 14.2. The number of hydrogen-bond acceptors (Lipinski definition) is 4. The maximum atomic E-state index is 12.7. The van der Waals surface area contributed by atoms with Gasteiger partial charge in [-0.25, -0.2) is 0 Å². The molecule has 1 fully saturated rings. The summed E-state index contributed by atoms with van der Waals surface area (Å²) in [6.45, 7) is 1.29. The number of nitrogens with zero attached hydrogens (tertiary/aromatic N) is 1. The number of likely N-dealkylation sites (N-methyl/N-ethyl adjacent to an activating group) is 1. The van der Waals surface area contributed by atoms with Crippen molar-refractivity contribution in [2.24, 2.45) is 0 Å². The number of amides is 1. The first-order valence-electron chi connectivity index (χ1n) is 8.22. The Hall–Kier alpha value is -2.66. The molecule has 3 rings (SSSR count). The number of likely N-dealkylation sites (tertiary alicyclic amines) is 1. The van der Waals surface area contributed by atoms with Crippen LogP contribution in [-0.2, 0) is 14.3 Å². The van der Waals surface area contributed by atoms with Gasteiger partial charge in [0.2, 0.25) is 0 Å². The molecule has 0 bridgehead atoms. The summed E-state index contributed by atoms with van der Waals surface area (Å²) in [5, 5.41) is 11.0. The summed E-state index contributed by atoms with van der Waals surface area (Å²) < 4.78 is 5.34. The van der Waals surface area contributed by atoms with E-state index in [1.165, 1.54) is 11.8 Å². The lowest BCUT2D eigenvalue weighted by Crippen LogP contribution is -2.36. The summed E-state index contributed by atoms with van der Waals surface area (Å²) in [6, 6.07) is 18.1. The normalized spacial score (nSPS) is 24.2. The highest BCUT2D eigenvalue weighted by Gasteiger charge is 2.52. The van der Waals surface area contributed by atoms with Crippen LogP contribution in [0.3, 0.4) is 0 Å². The first kappa shape index (κ1) is 17.2. The molecule has 0 spiro atoms. The number of benzene rings is 2. The van der Waals surface area contributed by atoms with Crippen LogP contribution in [0.15, 0.2) is 60.7 Å². The molecule has 0 saturated carbocycles. The molecule has 2 aromatic rings. The second-order valence-corrected chi connectivity index (χ2v) is 6.26. The average Bonchev–Trinajstić information content (AvgIpc) is 2.87. The Bertz CT molecular complexity index is 747. The van der Waals surface area contributed by atoms with Gasteiger partial charge in [-0.2, -0.15) is 0 Å². The molecule has 0 aromatic heterocycles. The molecule has 1 heterocycles. The first-order chi connectivity index (χ1) is 12.0. The molecule has 0 aliphatic carbocycles. The van der Waals surface area contributed by atoms with E-state index in [9.17, 15) is 14.7 Å². The number of esters is 1.